The molecule has 0 rings (SSSR count). The zero-order valence-electron chi connectivity index (χ0n) is 3.98. The van der Waals surface area contributed by atoms with Gasteiger partial charge in [0.1, 0.15) is 0 Å². The Morgan fingerprint density at radius 1 is 1.14 bits per heavy atom. The van der Waals surface area contributed by atoms with Crippen LogP contribution in [0.3, 0.4) is 0 Å². The van der Waals surface area contributed by atoms with Gasteiger partial charge in [0.25, 0.3) is 0 Å². The molecule has 2 N–H and O–H groups in total. The van der Waals surface area contributed by atoms with Gasteiger partial charge in [-0.3, -0.25) is 0 Å². The number of hydrogen-bond acceptors (Lipinski definition) is 3. The average Bonchev–Trinajstić information content (AvgIpc) is 1.69. The van der Waals surface area contributed by atoms with Gasteiger partial charge in [-0.15, -0.1) is 0 Å². The van der Waals surface area contributed by atoms with Gasteiger partial charge in [0.15, 0.2) is 0 Å². The Hall–Kier alpha value is -0.700. The van der Waals surface area contributed by atoms with Gasteiger partial charge < -0.3 is 15.6 Å². The molecule has 0 spiro atoms. The highest BCUT2D eigenvalue weighted by molar-refractivity contribution is 5.56. The summed E-state index contributed by atoms with van der Waals surface area (Å²) in [6.07, 6.45) is 2.31. The van der Waals surface area contributed by atoms with Crippen LogP contribution in [0.25, 0.3) is 0 Å². The van der Waals surface area contributed by atoms with E-state index < -0.39 is 0 Å². The molecule has 0 saturated carbocycles. The summed E-state index contributed by atoms with van der Waals surface area (Å²) in [5.41, 5.74) is 0. The van der Waals surface area contributed by atoms with E-state index in [2.05, 4.69) is 4.74 Å². The maximum absolute atomic E-state index is 6.46. The second kappa shape index (κ2) is 5.30. The number of ether oxygens (including phenoxy) is 1. The highest BCUT2D eigenvalue weighted by atomic mass is 16.5. The van der Waals surface area contributed by atoms with Gasteiger partial charge in [-0.25, -0.2) is 0 Å². The lowest BCUT2D eigenvalue weighted by molar-refractivity contribution is 0.220. The summed E-state index contributed by atoms with van der Waals surface area (Å²) in [4.78, 5) is 0. The lowest BCUT2D eigenvalue weighted by Crippen LogP contribution is -1.96. The SMILES string of the molecule is N=CCOCC=N. The van der Waals surface area contributed by atoms with Gasteiger partial charge in [-0.05, 0) is 0 Å². The summed E-state index contributed by atoms with van der Waals surface area (Å²) < 4.78 is 4.65. The highest BCUT2D eigenvalue weighted by Crippen LogP contribution is 1.62. The molecule has 0 aromatic carbocycles. The minimum absolute atomic E-state index is 0.315. The van der Waals surface area contributed by atoms with Gasteiger partial charge in [-0.1, -0.05) is 0 Å². The van der Waals surface area contributed by atoms with Crippen LogP contribution in [0.1, 0.15) is 0 Å². The fourth-order valence-corrected chi connectivity index (χ4v) is 0.186. The normalized spacial score (nSPS) is 8.00. The Morgan fingerprint density at radius 2 is 1.57 bits per heavy atom. The van der Waals surface area contributed by atoms with E-state index in [0.717, 1.165) is 12.4 Å². The minimum atomic E-state index is 0.315. The Labute approximate surface area is 42.3 Å². The van der Waals surface area contributed by atoms with Gasteiger partial charge in [0.2, 0.25) is 0 Å². The number of nitrogens with one attached hydrogen (secondary N) is 2. The van der Waals surface area contributed by atoms with E-state index in [1.165, 1.54) is 0 Å². The lowest BCUT2D eigenvalue weighted by Gasteiger charge is -1.88. The first-order chi connectivity index (χ1) is 3.41. The molecular formula is C4H8N2O. The molecule has 0 saturated heterocycles. The van der Waals surface area contributed by atoms with Crippen molar-refractivity contribution in [1.29, 1.82) is 10.8 Å². The molecule has 7 heavy (non-hydrogen) atoms. The molecule has 0 amide bonds. The van der Waals surface area contributed by atoms with Crippen molar-refractivity contribution < 1.29 is 4.74 Å². The summed E-state index contributed by atoms with van der Waals surface area (Å²) in [6, 6.07) is 0. The third-order valence-corrected chi connectivity index (χ3v) is 0.402. The molecule has 0 aromatic heterocycles. The monoisotopic (exact) mass is 100 g/mol. The summed E-state index contributed by atoms with van der Waals surface area (Å²) in [7, 11) is 0. The molecule has 0 bridgehead atoms. The molecule has 0 aliphatic heterocycles. The van der Waals surface area contributed by atoms with Crippen LogP contribution < -0.4 is 0 Å². The Morgan fingerprint density at radius 3 is 1.86 bits per heavy atom. The van der Waals surface area contributed by atoms with Gasteiger partial charge in [0.05, 0.1) is 13.2 Å². The van der Waals surface area contributed by atoms with Crippen molar-refractivity contribution in [3.8, 4) is 0 Å². The van der Waals surface area contributed by atoms with Crippen LogP contribution in [0.4, 0.5) is 0 Å². The van der Waals surface area contributed by atoms with Crippen LogP contribution in [-0.2, 0) is 4.74 Å². The largest absolute Gasteiger partial charge is 0.370 e. The number of rotatable bonds is 4. The van der Waals surface area contributed by atoms with E-state index in [-0.39, 0.29) is 0 Å². The van der Waals surface area contributed by atoms with Crippen LogP contribution in [0.2, 0.25) is 0 Å². The molecule has 0 radical (unpaired) electrons. The first-order valence-electron chi connectivity index (χ1n) is 1.97. The van der Waals surface area contributed by atoms with Crippen LogP contribution in [0, 0.1) is 10.8 Å². The van der Waals surface area contributed by atoms with Crippen molar-refractivity contribution in [1.82, 2.24) is 0 Å². The smallest absolute Gasteiger partial charge is 0.0816 e. The van der Waals surface area contributed by atoms with Crippen LogP contribution >= 0.6 is 0 Å². The van der Waals surface area contributed by atoms with Crippen LogP contribution in [-0.4, -0.2) is 25.6 Å². The number of hydrogen-bond donors (Lipinski definition) is 2. The first-order valence-corrected chi connectivity index (χ1v) is 1.97. The van der Waals surface area contributed by atoms with Crippen molar-refractivity contribution in [2.24, 2.45) is 0 Å². The molecule has 0 unspecified atom stereocenters. The van der Waals surface area contributed by atoms with E-state index in [4.69, 9.17) is 10.8 Å². The van der Waals surface area contributed by atoms with Crippen LogP contribution in [0.5, 0.6) is 0 Å². The lowest BCUT2D eigenvalue weighted by atomic mass is 10.7. The van der Waals surface area contributed by atoms with E-state index in [9.17, 15) is 0 Å². The Kier molecular flexibility index (Phi) is 4.77. The summed E-state index contributed by atoms with van der Waals surface area (Å²) in [5.74, 6) is 0. The molecule has 0 aliphatic carbocycles. The van der Waals surface area contributed by atoms with E-state index in [0.29, 0.717) is 13.2 Å². The molecule has 0 fully saturated rings. The summed E-state index contributed by atoms with van der Waals surface area (Å²) in [6.45, 7) is 0.630. The Bertz CT molecular complexity index is 54.7. The molecule has 40 valence electrons. The Balaban J connectivity index is 2.68. The average molecular weight is 100 g/mol. The molecule has 0 aromatic rings. The van der Waals surface area contributed by atoms with Crippen molar-refractivity contribution >= 4 is 12.4 Å². The summed E-state index contributed by atoms with van der Waals surface area (Å²) >= 11 is 0. The maximum Gasteiger partial charge on any atom is 0.0816 e. The van der Waals surface area contributed by atoms with Crippen molar-refractivity contribution in [3.05, 3.63) is 0 Å². The van der Waals surface area contributed by atoms with Gasteiger partial charge in [0, 0.05) is 12.4 Å². The first kappa shape index (κ1) is 6.30. The predicted molar refractivity (Wildman–Crippen MR) is 28.4 cm³/mol. The van der Waals surface area contributed by atoms with Crippen LogP contribution in [0.15, 0.2) is 0 Å². The van der Waals surface area contributed by atoms with E-state index in [1.807, 2.05) is 0 Å². The second-order valence-electron chi connectivity index (χ2n) is 0.946. The molecule has 0 heterocycles. The van der Waals surface area contributed by atoms with E-state index >= 15 is 0 Å². The second-order valence-corrected chi connectivity index (χ2v) is 0.946. The fourth-order valence-electron chi connectivity index (χ4n) is 0.186. The molecule has 3 nitrogen and oxygen atoms in total. The summed E-state index contributed by atoms with van der Waals surface area (Å²) in [5, 5.41) is 12.9. The van der Waals surface area contributed by atoms with Crippen molar-refractivity contribution in [3.63, 3.8) is 0 Å². The topological polar surface area (TPSA) is 56.9 Å². The predicted octanol–water partition coefficient (Wildman–Crippen LogP) is 0.302. The molecular weight excluding hydrogens is 92.1 g/mol. The van der Waals surface area contributed by atoms with Gasteiger partial charge in [-0.2, -0.15) is 0 Å². The standard InChI is InChI=1S/C4H8N2O/c5-1-3-7-4-2-6/h1-2,5-6H,3-4H2. The fraction of sp³-hybridized carbons (Fsp3) is 0.500. The molecule has 0 atom stereocenters. The van der Waals surface area contributed by atoms with E-state index in [1.54, 1.807) is 0 Å². The third-order valence-electron chi connectivity index (χ3n) is 0.402. The third kappa shape index (κ3) is 5.30. The highest BCUT2D eigenvalue weighted by Gasteiger charge is 1.73. The van der Waals surface area contributed by atoms with Crippen molar-refractivity contribution in [2.45, 2.75) is 0 Å². The van der Waals surface area contributed by atoms with Crippen molar-refractivity contribution in [2.75, 3.05) is 13.2 Å². The van der Waals surface area contributed by atoms with Gasteiger partial charge >= 0.3 is 0 Å². The quantitative estimate of drug-likeness (QED) is 0.387. The molecule has 3 heteroatoms. The zero-order valence-corrected chi connectivity index (χ0v) is 3.98. The maximum atomic E-state index is 6.46. The zero-order chi connectivity index (χ0) is 5.54. The molecule has 0 aliphatic rings. The minimum Gasteiger partial charge on any atom is -0.370 e.